The number of halogens is 3. The Balaban J connectivity index is 2.19. The molecule has 1 rings (SSSR count). The minimum atomic E-state index is -4.36. The first kappa shape index (κ1) is 13.1. The summed E-state index contributed by atoms with van der Waals surface area (Å²) in [5.41, 5.74) is 0. The van der Waals surface area contributed by atoms with Crippen LogP contribution in [0.1, 0.15) is 19.8 Å². The molecule has 1 saturated heterocycles. The summed E-state index contributed by atoms with van der Waals surface area (Å²) in [6.45, 7) is 1.33. The first-order chi connectivity index (χ1) is 7.37. The van der Waals surface area contributed by atoms with Crippen molar-refractivity contribution in [1.29, 1.82) is 0 Å². The van der Waals surface area contributed by atoms with Gasteiger partial charge in [-0.15, -0.1) is 0 Å². The number of nitrogens with one attached hydrogen (secondary N) is 3. The molecule has 3 N–H and O–H groups in total. The molecule has 0 aromatic heterocycles. The van der Waals surface area contributed by atoms with Crippen molar-refractivity contribution >= 4 is 6.03 Å². The Kier molecular flexibility index (Phi) is 4.40. The van der Waals surface area contributed by atoms with E-state index in [1.165, 1.54) is 0 Å². The lowest BCUT2D eigenvalue weighted by molar-refractivity contribution is -0.122. The Morgan fingerprint density at radius 3 is 2.62 bits per heavy atom. The molecule has 1 heterocycles. The number of hydrogen-bond acceptors (Lipinski definition) is 2. The Labute approximate surface area is 92.0 Å². The van der Waals surface area contributed by atoms with E-state index in [-0.39, 0.29) is 6.04 Å². The van der Waals surface area contributed by atoms with Crippen LogP contribution >= 0.6 is 0 Å². The molecule has 0 bridgehead atoms. The van der Waals surface area contributed by atoms with Gasteiger partial charge < -0.3 is 16.0 Å². The molecule has 0 spiro atoms. The van der Waals surface area contributed by atoms with Crippen LogP contribution in [0.25, 0.3) is 0 Å². The molecule has 94 valence electrons. The predicted octanol–water partition coefficient (Wildman–Crippen LogP) is 0.988. The lowest BCUT2D eigenvalue weighted by atomic mass is 10.0. The zero-order chi connectivity index (χ0) is 12.2. The van der Waals surface area contributed by atoms with Crippen molar-refractivity contribution in [3.8, 4) is 0 Å². The fourth-order valence-corrected chi connectivity index (χ4v) is 1.54. The zero-order valence-corrected chi connectivity index (χ0v) is 9.03. The third-order valence-electron chi connectivity index (χ3n) is 2.45. The van der Waals surface area contributed by atoms with Gasteiger partial charge in [-0.2, -0.15) is 13.2 Å². The third kappa shape index (κ3) is 5.20. The van der Waals surface area contributed by atoms with Crippen molar-refractivity contribution < 1.29 is 18.0 Å². The monoisotopic (exact) mass is 239 g/mol. The van der Waals surface area contributed by atoms with E-state index >= 15 is 0 Å². The molecule has 7 heteroatoms. The second kappa shape index (κ2) is 5.38. The molecule has 1 aliphatic rings. The van der Waals surface area contributed by atoms with E-state index in [4.69, 9.17) is 0 Å². The molecule has 0 radical (unpaired) electrons. The molecule has 1 aliphatic heterocycles. The zero-order valence-electron chi connectivity index (χ0n) is 9.03. The van der Waals surface area contributed by atoms with Gasteiger partial charge in [0.2, 0.25) is 0 Å². The van der Waals surface area contributed by atoms with Gasteiger partial charge in [-0.3, -0.25) is 0 Å². The maximum Gasteiger partial charge on any atom is 0.405 e. The molecule has 1 fully saturated rings. The van der Waals surface area contributed by atoms with E-state index in [9.17, 15) is 18.0 Å². The Hall–Kier alpha value is -0.980. The Morgan fingerprint density at radius 1 is 1.44 bits per heavy atom. The molecule has 2 unspecified atom stereocenters. The molecule has 0 aromatic rings. The standard InChI is InChI=1S/C9H16F3N3O/c1-6-2-3-7(4-13-6)15-8(16)14-5-9(10,11)12/h6-7,13H,2-5H2,1H3,(H2,14,15,16). The fourth-order valence-electron chi connectivity index (χ4n) is 1.54. The number of carbonyl (C=O) groups is 1. The molecule has 2 amide bonds. The van der Waals surface area contributed by atoms with Gasteiger partial charge >= 0.3 is 12.2 Å². The summed E-state index contributed by atoms with van der Waals surface area (Å²) >= 11 is 0. The summed E-state index contributed by atoms with van der Waals surface area (Å²) in [4.78, 5) is 11.1. The highest BCUT2D eigenvalue weighted by molar-refractivity contribution is 5.74. The first-order valence-electron chi connectivity index (χ1n) is 5.21. The van der Waals surface area contributed by atoms with Crippen LogP contribution in [0.5, 0.6) is 0 Å². The van der Waals surface area contributed by atoms with Crippen LogP contribution in [0.2, 0.25) is 0 Å². The average molecular weight is 239 g/mol. The molecule has 2 atom stereocenters. The number of alkyl halides is 3. The number of urea groups is 1. The quantitative estimate of drug-likeness (QED) is 0.673. The maximum atomic E-state index is 11.8. The number of piperidine rings is 1. The summed E-state index contributed by atoms with van der Waals surface area (Å²) in [6.07, 6.45) is -2.67. The minimum absolute atomic E-state index is 0.0931. The van der Waals surface area contributed by atoms with Crippen LogP contribution in [0.15, 0.2) is 0 Å². The van der Waals surface area contributed by atoms with Crippen LogP contribution in [-0.4, -0.2) is 37.4 Å². The summed E-state index contributed by atoms with van der Waals surface area (Å²) in [5, 5.41) is 7.42. The van der Waals surface area contributed by atoms with E-state index < -0.39 is 18.8 Å². The molecule has 0 aliphatic carbocycles. The number of hydrogen-bond donors (Lipinski definition) is 3. The van der Waals surface area contributed by atoms with Gasteiger partial charge in [0.1, 0.15) is 6.54 Å². The van der Waals surface area contributed by atoms with Crippen molar-refractivity contribution in [2.45, 2.75) is 38.0 Å². The predicted molar refractivity (Wildman–Crippen MR) is 53.1 cm³/mol. The molecular weight excluding hydrogens is 223 g/mol. The average Bonchev–Trinajstić information content (AvgIpc) is 2.18. The second-order valence-electron chi connectivity index (χ2n) is 4.03. The van der Waals surface area contributed by atoms with Gasteiger partial charge in [0.05, 0.1) is 0 Å². The van der Waals surface area contributed by atoms with Gasteiger partial charge in [-0.1, -0.05) is 0 Å². The van der Waals surface area contributed by atoms with Crippen LogP contribution in [0.3, 0.4) is 0 Å². The van der Waals surface area contributed by atoms with Crippen molar-refractivity contribution in [2.24, 2.45) is 0 Å². The van der Waals surface area contributed by atoms with Crippen molar-refractivity contribution in [1.82, 2.24) is 16.0 Å². The Bertz CT molecular complexity index is 237. The fraction of sp³-hybridized carbons (Fsp3) is 0.889. The smallest absolute Gasteiger partial charge is 0.334 e. The third-order valence-corrected chi connectivity index (χ3v) is 2.45. The summed E-state index contributed by atoms with van der Waals surface area (Å²) < 4.78 is 35.4. The van der Waals surface area contributed by atoms with Gasteiger partial charge in [-0.25, -0.2) is 4.79 Å². The summed E-state index contributed by atoms with van der Waals surface area (Å²) in [6, 6.07) is -0.459. The normalized spacial score (nSPS) is 26.2. The van der Waals surface area contributed by atoms with Crippen molar-refractivity contribution in [3.05, 3.63) is 0 Å². The highest BCUT2D eigenvalue weighted by Crippen LogP contribution is 2.12. The number of amides is 2. The molecule has 4 nitrogen and oxygen atoms in total. The molecule has 16 heavy (non-hydrogen) atoms. The molecule has 0 saturated carbocycles. The Morgan fingerprint density at radius 2 is 2.12 bits per heavy atom. The van der Waals surface area contributed by atoms with Crippen LogP contribution in [0.4, 0.5) is 18.0 Å². The van der Waals surface area contributed by atoms with Gasteiger partial charge in [0, 0.05) is 18.6 Å². The maximum absolute atomic E-state index is 11.8. The largest absolute Gasteiger partial charge is 0.405 e. The van der Waals surface area contributed by atoms with E-state index in [1.54, 1.807) is 5.32 Å². The number of rotatable bonds is 2. The molecule has 0 aromatic carbocycles. The van der Waals surface area contributed by atoms with Crippen molar-refractivity contribution in [3.63, 3.8) is 0 Å². The van der Waals surface area contributed by atoms with E-state index in [1.807, 2.05) is 6.92 Å². The van der Waals surface area contributed by atoms with Crippen LogP contribution in [-0.2, 0) is 0 Å². The van der Waals surface area contributed by atoms with Gasteiger partial charge in [0.25, 0.3) is 0 Å². The first-order valence-corrected chi connectivity index (χ1v) is 5.21. The van der Waals surface area contributed by atoms with Crippen LogP contribution < -0.4 is 16.0 Å². The molecular formula is C9H16F3N3O. The van der Waals surface area contributed by atoms with Gasteiger partial charge in [0.15, 0.2) is 0 Å². The lowest BCUT2D eigenvalue weighted by Gasteiger charge is -2.28. The second-order valence-corrected chi connectivity index (χ2v) is 4.03. The van der Waals surface area contributed by atoms with Crippen LogP contribution in [0, 0.1) is 0 Å². The highest BCUT2D eigenvalue weighted by atomic mass is 19.4. The lowest BCUT2D eigenvalue weighted by Crippen LogP contribution is -2.52. The number of carbonyl (C=O) groups excluding carboxylic acids is 1. The minimum Gasteiger partial charge on any atom is -0.334 e. The summed E-state index contributed by atoms with van der Waals surface area (Å²) in [7, 11) is 0. The van der Waals surface area contributed by atoms with E-state index in [2.05, 4.69) is 10.6 Å². The topological polar surface area (TPSA) is 53.2 Å². The summed E-state index contributed by atoms with van der Waals surface area (Å²) in [5.74, 6) is 0. The van der Waals surface area contributed by atoms with E-state index in [0.717, 1.165) is 12.8 Å². The van der Waals surface area contributed by atoms with E-state index in [0.29, 0.717) is 12.6 Å². The highest BCUT2D eigenvalue weighted by Gasteiger charge is 2.28. The SMILES string of the molecule is CC1CCC(NC(=O)NCC(F)(F)F)CN1. The van der Waals surface area contributed by atoms with Crippen molar-refractivity contribution in [2.75, 3.05) is 13.1 Å². The van der Waals surface area contributed by atoms with Gasteiger partial charge in [-0.05, 0) is 19.8 Å².